The van der Waals surface area contributed by atoms with Gasteiger partial charge < -0.3 is 5.32 Å². The molecule has 2 atom stereocenters. The zero-order chi connectivity index (χ0) is 7.73. The van der Waals surface area contributed by atoms with Gasteiger partial charge in [0.05, 0.1) is 0 Å². The fourth-order valence-electron chi connectivity index (χ4n) is 2.32. The molecule has 1 saturated heterocycles. The molecule has 1 saturated carbocycles. The molecular weight excluding hydrogens is 154 g/mol. The molecule has 2 aliphatic rings. The number of hydrogen-bond acceptors (Lipinski definition) is 2. The van der Waals surface area contributed by atoms with Crippen LogP contribution in [0.25, 0.3) is 0 Å². The van der Waals surface area contributed by atoms with E-state index in [9.17, 15) is 0 Å². The average molecular weight is 171 g/mol. The number of nitrogens with one attached hydrogen (secondary N) is 1. The average Bonchev–Trinajstić information content (AvgIpc) is 2.66. The molecule has 1 spiro atoms. The summed E-state index contributed by atoms with van der Waals surface area (Å²) < 4.78 is 0. The van der Waals surface area contributed by atoms with Crippen LogP contribution in [-0.2, 0) is 0 Å². The Balaban J connectivity index is 1.84. The Hall–Kier alpha value is 0.310. The Kier molecular flexibility index (Phi) is 2.15. The summed E-state index contributed by atoms with van der Waals surface area (Å²) in [6, 6.07) is 0. The molecule has 1 aliphatic carbocycles. The maximum absolute atomic E-state index is 3.29. The van der Waals surface area contributed by atoms with E-state index in [1.807, 2.05) is 0 Å². The molecule has 0 aromatic carbocycles. The second kappa shape index (κ2) is 2.98. The molecule has 2 unspecified atom stereocenters. The van der Waals surface area contributed by atoms with Crippen LogP contribution in [0, 0.1) is 11.3 Å². The van der Waals surface area contributed by atoms with E-state index >= 15 is 0 Å². The van der Waals surface area contributed by atoms with Gasteiger partial charge in [-0.3, -0.25) is 0 Å². The molecule has 2 rings (SSSR count). The first-order valence-electron chi connectivity index (χ1n) is 4.60. The van der Waals surface area contributed by atoms with Crippen molar-refractivity contribution < 1.29 is 0 Å². The van der Waals surface area contributed by atoms with Gasteiger partial charge in [0, 0.05) is 0 Å². The van der Waals surface area contributed by atoms with E-state index in [2.05, 4.69) is 24.1 Å². The zero-order valence-corrected chi connectivity index (χ0v) is 8.04. The molecule has 2 heteroatoms. The standard InChI is InChI=1S/C9H17NS/c1-10-6-8-5-9(8)3-2-4-11-7-9/h8,10H,2-7H2,1H3. The van der Waals surface area contributed by atoms with Crippen molar-refractivity contribution in [3.05, 3.63) is 0 Å². The minimum Gasteiger partial charge on any atom is -0.319 e. The van der Waals surface area contributed by atoms with Crippen molar-refractivity contribution in [2.75, 3.05) is 25.1 Å². The van der Waals surface area contributed by atoms with Crippen molar-refractivity contribution in [2.45, 2.75) is 19.3 Å². The Labute approximate surface area is 73.3 Å². The molecule has 11 heavy (non-hydrogen) atoms. The van der Waals surface area contributed by atoms with Crippen LogP contribution in [0.5, 0.6) is 0 Å². The fourth-order valence-corrected chi connectivity index (χ4v) is 3.72. The predicted molar refractivity (Wildman–Crippen MR) is 51.0 cm³/mol. The third kappa shape index (κ3) is 1.43. The van der Waals surface area contributed by atoms with Gasteiger partial charge in [-0.15, -0.1) is 0 Å². The second-order valence-corrected chi connectivity index (χ2v) is 5.08. The van der Waals surface area contributed by atoms with Crippen molar-refractivity contribution >= 4 is 11.8 Å². The lowest BCUT2D eigenvalue weighted by molar-refractivity contribution is 0.447. The molecule has 64 valence electrons. The van der Waals surface area contributed by atoms with Crippen LogP contribution < -0.4 is 5.32 Å². The summed E-state index contributed by atoms with van der Waals surface area (Å²) in [5.41, 5.74) is 0.798. The summed E-state index contributed by atoms with van der Waals surface area (Å²) in [6.45, 7) is 1.25. The topological polar surface area (TPSA) is 12.0 Å². The van der Waals surface area contributed by atoms with Gasteiger partial charge in [-0.2, -0.15) is 11.8 Å². The minimum absolute atomic E-state index is 0.798. The van der Waals surface area contributed by atoms with Crippen LogP contribution in [0.4, 0.5) is 0 Å². The highest BCUT2D eigenvalue weighted by Gasteiger charge is 2.53. The third-order valence-corrected chi connectivity index (χ3v) is 4.52. The molecule has 1 nitrogen and oxygen atoms in total. The highest BCUT2D eigenvalue weighted by atomic mass is 32.2. The van der Waals surface area contributed by atoms with E-state index in [4.69, 9.17) is 0 Å². The van der Waals surface area contributed by atoms with Crippen molar-refractivity contribution in [3.63, 3.8) is 0 Å². The van der Waals surface area contributed by atoms with Crippen LogP contribution in [-0.4, -0.2) is 25.1 Å². The lowest BCUT2D eigenvalue weighted by Crippen LogP contribution is -2.19. The Morgan fingerprint density at radius 2 is 2.55 bits per heavy atom. The van der Waals surface area contributed by atoms with Crippen LogP contribution in [0.2, 0.25) is 0 Å². The minimum atomic E-state index is 0.798. The first-order valence-corrected chi connectivity index (χ1v) is 5.75. The van der Waals surface area contributed by atoms with Gasteiger partial charge in [0.2, 0.25) is 0 Å². The van der Waals surface area contributed by atoms with E-state index in [1.165, 1.54) is 37.3 Å². The van der Waals surface area contributed by atoms with Crippen molar-refractivity contribution in [1.29, 1.82) is 0 Å². The van der Waals surface area contributed by atoms with Crippen LogP contribution in [0.1, 0.15) is 19.3 Å². The predicted octanol–water partition coefficient (Wildman–Crippen LogP) is 1.74. The summed E-state index contributed by atoms with van der Waals surface area (Å²) >= 11 is 2.17. The lowest BCUT2D eigenvalue weighted by Gasteiger charge is -2.21. The van der Waals surface area contributed by atoms with Crippen LogP contribution >= 0.6 is 11.8 Å². The van der Waals surface area contributed by atoms with Crippen molar-refractivity contribution in [1.82, 2.24) is 5.32 Å². The van der Waals surface area contributed by atoms with E-state index in [-0.39, 0.29) is 0 Å². The molecule has 1 N–H and O–H groups in total. The Bertz CT molecular complexity index is 140. The maximum Gasteiger partial charge on any atom is -0.000755 e. The monoisotopic (exact) mass is 171 g/mol. The van der Waals surface area contributed by atoms with Gasteiger partial charge in [-0.05, 0) is 55.7 Å². The summed E-state index contributed by atoms with van der Waals surface area (Å²) in [6.07, 6.45) is 4.47. The largest absolute Gasteiger partial charge is 0.319 e. The Morgan fingerprint density at radius 1 is 1.64 bits per heavy atom. The first kappa shape index (κ1) is 7.93. The van der Waals surface area contributed by atoms with Crippen LogP contribution in [0.15, 0.2) is 0 Å². The molecule has 1 heterocycles. The quantitative estimate of drug-likeness (QED) is 0.679. The van der Waals surface area contributed by atoms with Crippen molar-refractivity contribution in [2.24, 2.45) is 11.3 Å². The number of hydrogen-bond donors (Lipinski definition) is 1. The molecule has 0 amide bonds. The second-order valence-electron chi connectivity index (χ2n) is 3.98. The van der Waals surface area contributed by atoms with Crippen molar-refractivity contribution in [3.8, 4) is 0 Å². The molecule has 1 aliphatic heterocycles. The SMILES string of the molecule is CNCC1CC12CCCSC2. The summed E-state index contributed by atoms with van der Waals surface area (Å²) in [7, 11) is 2.07. The Morgan fingerprint density at radius 3 is 3.18 bits per heavy atom. The van der Waals surface area contributed by atoms with Gasteiger partial charge >= 0.3 is 0 Å². The van der Waals surface area contributed by atoms with Gasteiger partial charge in [0.1, 0.15) is 0 Å². The van der Waals surface area contributed by atoms with E-state index in [1.54, 1.807) is 0 Å². The highest BCUT2D eigenvalue weighted by Crippen LogP contribution is 2.59. The lowest BCUT2D eigenvalue weighted by atomic mass is 9.99. The summed E-state index contributed by atoms with van der Waals surface area (Å²) in [4.78, 5) is 0. The molecule has 2 fully saturated rings. The number of thioether (sulfide) groups is 1. The molecule has 0 radical (unpaired) electrons. The normalized spacial score (nSPS) is 42.8. The smallest absolute Gasteiger partial charge is 0.000755 e. The fraction of sp³-hybridized carbons (Fsp3) is 1.00. The van der Waals surface area contributed by atoms with Gasteiger partial charge in [-0.25, -0.2) is 0 Å². The first-order chi connectivity index (χ1) is 5.37. The number of rotatable bonds is 2. The van der Waals surface area contributed by atoms with E-state index < -0.39 is 0 Å². The van der Waals surface area contributed by atoms with Gasteiger partial charge in [0.15, 0.2) is 0 Å². The maximum atomic E-state index is 3.29. The van der Waals surface area contributed by atoms with Gasteiger partial charge in [0.25, 0.3) is 0 Å². The third-order valence-electron chi connectivity index (χ3n) is 3.16. The molecule has 0 aromatic heterocycles. The summed E-state index contributed by atoms with van der Waals surface area (Å²) in [5.74, 6) is 3.87. The zero-order valence-electron chi connectivity index (χ0n) is 7.23. The summed E-state index contributed by atoms with van der Waals surface area (Å²) in [5, 5.41) is 3.29. The van der Waals surface area contributed by atoms with Crippen LogP contribution in [0.3, 0.4) is 0 Å². The van der Waals surface area contributed by atoms with E-state index in [0.29, 0.717) is 0 Å². The van der Waals surface area contributed by atoms with E-state index in [0.717, 1.165) is 11.3 Å². The molecule has 0 aromatic rings. The van der Waals surface area contributed by atoms with Gasteiger partial charge in [-0.1, -0.05) is 0 Å². The molecule has 0 bridgehead atoms. The highest BCUT2D eigenvalue weighted by molar-refractivity contribution is 7.99. The molecular formula is C9H17NS.